The molecule has 0 spiro atoms. The van der Waals surface area contributed by atoms with Gasteiger partial charge >= 0.3 is 0 Å². The SMILES string of the molecule is COCCC(C)Oc1cc(/C(N)=N/O)ccc1C. The number of ether oxygens (including phenoxy) is 2. The van der Waals surface area contributed by atoms with Gasteiger partial charge in [-0.05, 0) is 25.5 Å². The third-order valence-corrected chi connectivity index (χ3v) is 2.65. The lowest BCUT2D eigenvalue weighted by atomic mass is 10.1. The van der Waals surface area contributed by atoms with E-state index < -0.39 is 0 Å². The van der Waals surface area contributed by atoms with Crippen molar-refractivity contribution in [3.8, 4) is 5.75 Å². The van der Waals surface area contributed by atoms with Crippen LogP contribution in [0.1, 0.15) is 24.5 Å². The lowest BCUT2D eigenvalue weighted by molar-refractivity contribution is 0.135. The van der Waals surface area contributed by atoms with Gasteiger partial charge in [-0.1, -0.05) is 17.3 Å². The fourth-order valence-electron chi connectivity index (χ4n) is 1.50. The summed E-state index contributed by atoms with van der Waals surface area (Å²) in [5.41, 5.74) is 7.19. The Balaban J connectivity index is 2.81. The van der Waals surface area contributed by atoms with Crippen LogP contribution >= 0.6 is 0 Å². The number of oxime groups is 1. The number of nitrogens with two attached hydrogens (primary N) is 1. The summed E-state index contributed by atoms with van der Waals surface area (Å²) >= 11 is 0. The summed E-state index contributed by atoms with van der Waals surface area (Å²) in [6.07, 6.45) is 0.857. The number of hydrogen-bond acceptors (Lipinski definition) is 4. The summed E-state index contributed by atoms with van der Waals surface area (Å²) in [7, 11) is 1.66. The predicted octanol–water partition coefficient (Wildman–Crippen LogP) is 1.89. The maximum absolute atomic E-state index is 8.65. The van der Waals surface area contributed by atoms with Crippen LogP contribution in [0, 0.1) is 6.92 Å². The third kappa shape index (κ3) is 3.92. The smallest absolute Gasteiger partial charge is 0.170 e. The molecule has 0 heterocycles. The van der Waals surface area contributed by atoms with Crippen LogP contribution in [-0.4, -0.2) is 30.9 Å². The summed E-state index contributed by atoms with van der Waals surface area (Å²) in [6, 6.07) is 5.44. The predicted molar refractivity (Wildman–Crippen MR) is 70.3 cm³/mol. The van der Waals surface area contributed by atoms with Crippen LogP contribution in [0.2, 0.25) is 0 Å². The molecule has 0 fully saturated rings. The van der Waals surface area contributed by atoms with E-state index in [0.717, 1.165) is 17.7 Å². The minimum Gasteiger partial charge on any atom is -0.490 e. The molecule has 0 aliphatic rings. The highest BCUT2D eigenvalue weighted by molar-refractivity contribution is 5.97. The maximum Gasteiger partial charge on any atom is 0.170 e. The van der Waals surface area contributed by atoms with Crippen LogP contribution < -0.4 is 10.5 Å². The van der Waals surface area contributed by atoms with Crippen molar-refractivity contribution in [1.82, 2.24) is 0 Å². The monoisotopic (exact) mass is 252 g/mol. The molecule has 0 amide bonds. The minimum atomic E-state index is 0.0474. The molecule has 0 saturated heterocycles. The Hall–Kier alpha value is -1.75. The Kier molecular flexibility index (Phi) is 5.45. The van der Waals surface area contributed by atoms with Gasteiger partial charge in [0.1, 0.15) is 5.75 Å². The quantitative estimate of drug-likeness (QED) is 0.351. The second-order valence-electron chi connectivity index (χ2n) is 4.18. The Morgan fingerprint density at radius 2 is 2.22 bits per heavy atom. The van der Waals surface area contributed by atoms with E-state index in [1.54, 1.807) is 19.2 Å². The molecular formula is C13H20N2O3. The summed E-state index contributed by atoms with van der Waals surface area (Å²) < 4.78 is 10.8. The van der Waals surface area contributed by atoms with Crippen molar-refractivity contribution in [3.63, 3.8) is 0 Å². The van der Waals surface area contributed by atoms with E-state index in [2.05, 4.69) is 5.16 Å². The van der Waals surface area contributed by atoms with Crippen molar-refractivity contribution in [3.05, 3.63) is 29.3 Å². The molecular weight excluding hydrogens is 232 g/mol. The summed E-state index contributed by atoms with van der Waals surface area (Å²) in [5, 5.41) is 11.6. The molecule has 1 unspecified atom stereocenters. The summed E-state index contributed by atoms with van der Waals surface area (Å²) in [4.78, 5) is 0. The van der Waals surface area contributed by atoms with Gasteiger partial charge in [-0.2, -0.15) is 0 Å². The Morgan fingerprint density at radius 3 is 2.83 bits per heavy atom. The first-order valence-corrected chi connectivity index (χ1v) is 5.82. The second kappa shape index (κ2) is 6.86. The molecule has 0 aromatic heterocycles. The number of amidine groups is 1. The van der Waals surface area contributed by atoms with Crippen LogP contribution in [0.3, 0.4) is 0 Å². The summed E-state index contributed by atoms with van der Waals surface area (Å²) in [6.45, 7) is 4.59. The van der Waals surface area contributed by atoms with Crippen LogP contribution in [0.15, 0.2) is 23.4 Å². The van der Waals surface area contributed by atoms with Gasteiger partial charge in [0.25, 0.3) is 0 Å². The molecule has 1 aromatic carbocycles. The molecule has 1 aromatic rings. The molecule has 0 radical (unpaired) electrons. The molecule has 0 bridgehead atoms. The third-order valence-electron chi connectivity index (χ3n) is 2.65. The lowest BCUT2D eigenvalue weighted by Crippen LogP contribution is -2.16. The highest BCUT2D eigenvalue weighted by Gasteiger charge is 2.09. The first kappa shape index (κ1) is 14.3. The summed E-state index contributed by atoms with van der Waals surface area (Å²) in [5.74, 6) is 0.812. The van der Waals surface area contributed by atoms with Crippen molar-refractivity contribution in [2.45, 2.75) is 26.4 Å². The van der Waals surface area contributed by atoms with E-state index in [9.17, 15) is 0 Å². The Bertz CT molecular complexity index is 419. The first-order valence-electron chi connectivity index (χ1n) is 5.82. The second-order valence-corrected chi connectivity index (χ2v) is 4.18. The fourth-order valence-corrected chi connectivity index (χ4v) is 1.50. The van der Waals surface area contributed by atoms with Gasteiger partial charge in [0.2, 0.25) is 0 Å². The van der Waals surface area contributed by atoms with E-state index in [4.69, 9.17) is 20.4 Å². The standard InChI is InChI=1S/C13H20N2O3/c1-9-4-5-11(13(14)15-16)8-12(9)18-10(2)6-7-17-3/h4-5,8,10,16H,6-7H2,1-3H3,(H2,14,15). The Labute approximate surface area is 107 Å². The minimum absolute atomic E-state index is 0.0474. The average Bonchev–Trinajstić information content (AvgIpc) is 2.38. The average molecular weight is 252 g/mol. The van der Waals surface area contributed by atoms with Crippen LogP contribution in [-0.2, 0) is 4.74 Å². The molecule has 0 aliphatic carbocycles. The number of methoxy groups -OCH3 is 1. The van der Waals surface area contributed by atoms with Gasteiger partial charge in [-0.15, -0.1) is 0 Å². The van der Waals surface area contributed by atoms with Crippen LogP contribution in [0.25, 0.3) is 0 Å². The van der Waals surface area contributed by atoms with Gasteiger partial charge in [0.15, 0.2) is 5.84 Å². The van der Waals surface area contributed by atoms with Crippen molar-refractivity contribution in [2.75, 3.05) is 13.7 Å². The normalized spacial score (nSPS) is 13.4. The molecule has 0 aliphatic heterocycles. The van der Waals surface area contributed by atoms with Gasteiger partial charge < -0.3 is 20.4 Å². The highest BCUT2D eigenvalue weighted by atomic mass is 16.5. The lowest BCUT2D eigenvalue weighted by Gasteiger charge is -2.16. The number of nitrogens with zero attached hydrogens (tertiary/aromatic N) is 1. The topological polar surface area (TPSA) is 77.1 Å². The molecule has 1 rings (SSSR count). The highest BCUT2D eigenvalue weighted by Crippen LogP contribution is 2.21. The zero-order valence-electron chi connectivity index (χ0n) is 11.0. The fraction of sp³-hybridized carbons (Fsp3) is 0.462. The van der Waals surface area contributed by atoms with Crippen LogP contribution in [0.4, 0.5) is 0 Å². The van der Waals surface area contributed by atoms with E-state index in [1.165, 1.54) is 0 Å². The molecule has 5 heteroatoms. The van der Waals surface area contributed by atoms with Gasteiger partial charge in [0.05, 0.1) is 6.10 Å². The molecule has 5 nitrogen and oxygen atoms in total. The number of rotatable bonds is 6. The van der Waals surface area contributed by atoms with Crippen molar-refractivity contribution >= 4 is 5.84 Å². The van der Waals surface area contributed by atoms with E-state index >= 15 is 0 Å². The van der Waals surface area contributed by atoms with Crippen molar-refractivity contribution in [1.29, 1.82) is 0 Å². The van der Waals surface area contributed by atoms with Crippen molar-refractivity contribution < 1.29 is 14.7 Å². The first-order chi connectivity index (χ1) is 8.58. The van der Waals surface area contributed by atoms with Gasteiger partial charge in [-0.25, -0.2) is 0 Å². The van der Waals surface area contributed by atoms with Gasteiger partial charge in [-0.3, -0.25) is 0 Å². The molecule has 1 atom stereocenters. The van der Waals surface area contributed by atoms with E-state index in [1.807, 2.05) is 19.9 Å². The number of benzene rings is 1. The molecule has 100 valence electrons. The molecule has 0 saturated carbocycles. The number of aryl methyl sites for hydroxylation is 1. The zero-order chi connectivity index (χ0) is 13.5. The molecule has 18 heavy (non-hydrogen) atoms. The maximum atomic E-state index is 8.65. The van der Waals surface area contributed by atoms with E-state index in [-0.39, 0.29) is 11.9 Å². The zero-order valence-corrected chi connectivity index (χ0v) is 11.0. The van der Waals surface area contributed by atoms with E-state index in [0.29, 0.717) is 12.2 Å². The number of hydrogen-bond donors (Lipinski definition) is 2. The molecule has 3 N–H and O–H groups in total. The van der Waals surface area contributed by atoms with Crippen LogP contribution in [0.5, 0.6) is 5.75 Å². The Morgan fingerprint density at radius 1 is 1.50 bits per heavy atom. The largest absolute Gasteiger partial charge is 0.490 e. The van der Waals surface area contributed by atoms with Gasteiger partial charge in [0, 0.05) is 25.7 Å². The van der Waals surface area contributed by atoms with Crippen molar-refractivity contribution in [2.24, 2.45) is 10.9 Å².